The van der Waals surface area contributed by atoms with Crippen LogP contribution < -0.4 is 5.73 Å². The van der Waals surface area contributed by atoms with E-state index in [0.29, 0.717) is 19.5 Å². The van der Waals surface area contributed by atoms with Crippen LogP contribution in [0.2, 0.25) is 0 Å². The van der Waals surface area contributed by atoms with Crippen molar-refractivity contribution in [1.82, 2.24) is 4.90 Å². The van der Waals surface area contributed by atoms with Crippen LogP contribution in [0.3, 0.4) is 0 Å². The van der Waals surface area contributed by atoms with E-state index in [0.717, 1.165) is 0 Å². The van der Waals surface area contributed by atoms with Gasteiger partial charge >= 0.3 is 12.1 Å². The van der Waals surface area contributed by atoms with Crippen molar-refractivity contribution in [3.8, 4) is 0 Å². The monoisotopic (exact) mass is 271 g/mol. The van der Waals surface area contributed by atoms with Crippen LogP contribution in [-0.4, -0.2) is 41.5 Å². The molecule has 7 heteroatoms. The average molecular weight is 271 g/mol. The summed E-state index contributed by atoms with van der Waals surface area (Å²) in [5.74, 6) is -0.405. The van der Waals surface area contributed by atoms with E-state index in [9.17, 15) is 9.59 Å². The lowest BCUT2D eigenvalue weighted by Crippen LogP contribution is -2.36. The number of ether oxygens (including phenoxy) is 1. The first-order valence-corrected chi connectivity index (χ1v) is 6.18. The zero-order valence-corrected chi connectivity index (χ0v) is 11.8. The highest BCUT2D eigenvalue weighted by atomic mass is 16.7. The fourth-order valence-corrected chi connectivity index (χ4v) is 1.69. The Balaban J connectivity index is 2.51. The lowest BCUT2D eigenvalue weighted by molar-refractivity contribution is -0.141. The van der Waals surface area contributed by atoms with Gasteiger partial charge in [-0.3, -0.25) is 0 Å². The molecule has 1 fully saturated rings. The van der Waals surface area contributed by atoms with Crippen molar-refractivity contribution in [1.29, 1.82) is 0 Å². The van der Waals surface area contributed by atoms with Gasteiger partial charge in [-0.05, 0) is 27.2 Å². The maximum Gasteiger partial charge on any atom is 0.410 e. The summed E-state index contributed by atoms with van der Waals surface area (Å²) >= 11 is 0. The number of amidine groups is 1. The average Bonchev–Trinajstić information content (AvgIpc) is 2.72. The van der Waals surface area contributed by atoms with E-state index in [4.69, 9.17) is 10.5 Å². The normalized spacial score (nSPS) is 20.3. The van der Waals surface area contributed by atoms with E-state index >= 15 is 0 Å². The van der Waals surface area contributed by atoms with E-state index in [1.165, 1.54) is 6.92 Å². The molecule has 1 aliphatic rings. The molecule has 1 unspecified atom stereocenters. The predicted molar refractivity (Wildman–Crippen MR) is 69.3 cm³/mol. The molecule has 0 radical (unpaired) electrons. The number of amides is 1. The largest absolute Gasteiger partial charge is 0.444 e. The van der Waals surface area contributed by atoms with Gasteiger partial charge < -0.3 is 20.2 Å². The Labute approximate surface area is 112 Å². The number of oxime groups is 1. The Morgan fingerprint density at radius 2 is 2.00 bits per heavy atom. The molecular formula is C12H21N3O4. The van der Waals surface area contributed by atoms with Crippen molar-refractivity contribution >= 4 is 17.9 Å². The molecule has 1 heterocycles. The van der Waals surface area contributed by atoms with Gasteiger partial charge in [-0.1, -0.05) is 5.16 Å². The van der Waals surface area contributed by atoms with E-state index < -0.39 is 11.6 Å². The number of nitrogens with zero attached hydrogens (tertiary/aromatic N) is 2. The molecule has 1 aliphatic heterocycles. The zero-order chi connectivity index (χ0) is 14.6. The second-order valence-corrected chi connectivity index (χ2v) is 5.51. The second kappa shape index (κ2) is 5.90. The van der Waals surface area contributed by atoms with E-state index in [1.807, 2.05) is 20.8 Å². The van der Waals surface area contributed by atoms with Crippen molar-refractivity contribution < 1.29 is 19.2 Å². The van der Waals surface area contributed by atoms with Crippen LogP contribution in [0.1, 0.15) is 34.1 Å². The van der Waals surface area contributed by atoms with Gasteiger partial charge in [0.15, 0.2) is 0 Å². The molecule has 0 aliphatic carbocycles. The number of carbonyl (C=O) groups is 2. The van der Waals surface area contributed by atoms with Gasteiger partial charge in [0, 0.05) is 25.9 Å². The summed E-state index contributed by atoms with van der Waals surface area (Å²) in [7, 11) is 0. The van der Waals surface area contributed by atoms with E-state index in [-0.39, 0.29) is 17.8 Å². The minimum Gasteiger partial charge on any atom is -0.444 e. The molecule has 1 saturated heterocycles. The van der Waals surface area contributed by atoms with E-state index in [1.54, 1.807) is 4.90 Å². The van der Waals surface area contributed by atoms with Crippen LogP contribution in [0.4, 0.5) is 4.79 Å². The second-order valence-electron chi connectivity index (χ2n) is 5.51. The highest BCUT2D eigenvalue weighted by molar-refractivity contribution is 5.84. The Bertz CT molecular complexity index is 387. The highest BCUT2D eigenvalue weighted by Crippen LogP contribution is 2.19. The topological polar surface area (TPSA) is 94.2 Å². The number of nitrogens with two attached hydrogens (primary N) is 1. The summed E-state index contributed by atoms with van der Waals surface area (Å²) in [6.45, 7) is 7.67. The van der Waals surface area contributed by atoms with Crippen molar-refractivity contribution in [2.24, 2.45) is 16.8 Å². The zero-order valence-electron chi connectivity index (χ0n) is 11.8. The quantitative estimate of drug-likeness (QED) is 0.351. The van der Waals surface area contributed by atoms with Gasteiger partial charge in [0.05, 0.1) is 0 Å². The number of hydrogen-bond donors (Lipinski definition) is 1. The first-order valence-electron chi connectivity index (χ1n) is 6.18. The number of carbonyl (C=O) groups excluding carboxylic acids is 2. The Hall–Kier alpha value is -1.79. The third kappa shape index (κ3) is 5.15. The molecule has 108 valence electrons. The van der Waals surface area contributed by atoms with Gasteiger partial charge in [0.1, 0.15) is 11.4 Å². The van der Waals surface area contributed by atoms with Gasteiger partial charge in [-0.2, -0.15) is 0 Å². The molecule has 0 aromatic carbocycles. The number of hydrogen-bond acceptors (Lipinski definition) is 5. The van der Waals surface area contributed by atoms with Crippen LogP contribution in [-0.2, 0) is 14.4 Å². The molecule has 0 saturated carbocycles. The van der Waals surface area contributed by atoms with Gasteiger partial charge in [-0.25, -0.2) is 9.59 Å². The lowest BCUT2D eigenvalue weighted by Gasteiger charge is -2.24. The van der Waals surface area contributed by atoms with Gasteiger partial charge in [0.25, 0.3) is 0 Å². The number of rotatable bonds is 2. The summed E-state index contributed by atoms with van der Waals surface area (Å²) in [6, 6.07) is 0. The fraction of sp³-hybridized carbons (Fsp3) is 0.750. The third-order valence-electron chi connectivity index (χ3n) is 2.54. The van der Waals surface area contributed by atoms with Crippen LogP contribution >= 0.6 is 0 Å². The third-order valence-corrected chi connectivity index (χ3v) is 2.54. The summed E-state index contributed by atoms with van der Waals surface area (Å²) in [5, 5.41) is 3.54. The summed E-state index contributed by atoms with van der Waals surface area (Å²) in [6.07, 6.45) is 0.311. The summed E-state index contributed by atoms with van der Waals surface area (Å²) in [4.78, 5) is 28.5. The Morgan fingerprint density at radius 1 is 1.37 bits per heavy atom. The molecule has 0 aromatic rings. The first-order chi connectivity index (χ1) is 8.69. The standard InChI is InChI=1S/C12H21N3O4/c1-8(16)19-14-10(13)9-5-6-15(7-9)11(17)18-12(2,3)4/h9H,5-7H2,1-4H3,(H2,13,14). The van der Waals surface area contributed by atoms with Crippen LogP contribution in [0.25, 0.3) is 0 Å². The van der Waals surface area contributed by atoms with Crippen LogP contribution in [0, 0.1) is 5.92 Å². The molecule has 7 nitrogen and oxygen atoms in total. The molecule has 1 rings (SSSR count). The van der Waals surface area contributed by atoms with Gasteiger partial charge in [-0.15, -0.1) is 0 Å². The molecule has 1 atom stereocenters. The minimum atomic E-state index is -0.523. The minimum absolute atomic E-state index is 0.105. The highest BCUT2D eigenvalue weighted by Gasteiger charge is 2.31. The SMILES string of the molecule is CC(=O)O/N=C(\N)C1CCN(C(=O)OC(C)(C)C)C1. The van der Waals surface area contributed by atoms with Crippen LogP contribution in [0.5, 0.6) is 0 Å². The molecule has 19 heavy (non-hydrogen) atoms. The molecule has 0 aromatic heterocycles. The molecular weight excluding hydrogens is 250 g/mol. The van der Waals surface area contributed by atoms with Gasteiger partial charge in [0.2, 0.25) is 0 Å². The molecule has 0 bridgehead atoms. The van der Waals surface area contributed by atoms with Crippen molar-refractivity contribution in [2.75, 3.05) is 13.1 Å². The molecule has 1 amide bonds. The molecule has 0 spiro atoms. The van der Waals surface area contributed by atoms with Crippen molar-refractivity contribution in [3.05, 3.63) is 0 Å². The van der Waals surface area contributed by atoms with Crippen molar-refractivity contribution in [3.63, 3.8) is 0 Å². The van der Waals surface area contributed by atoms with E-state index in [2.05, 4.69) is 9.99 Å². The summed E-state index contributed by atoms with van der Waals surface area (Å²) < 4.78 is 5.27. The Morgan fingerprint density at radius 3 is 2.53 bits per heavy atom. The fourth-order valence-electron chi connectivity index (χ4n) is 1.69. The number of likely N-dealkylation sites (tertiary alicyclic amines) is 1. The smallest absolute Gasteiger partial charge is 0.410 e. The maximum absolute atomic E-state index is 11.8. The van der Waals surface area contributed by atoms with Crippen LogP contribution in [0.15, 0.2) is 5.16 Å². The summed E-state index contributed by atoms with van der Waals surface area (Å²) in [5.41, 5.74) is 5.19. The maximum atomic E-state index is 11.8. The Kier molecular flexibility index (Phi) is 4.74. The molecule has 2 N–H and O–H groups in total. The lowest BCUT2D eigenvalue weighted by atomic mass is 10.1. The van der Waals surface area contributed by atoms with Crippen molar-refractivity contribution in [2.45, 2.75) is 39.7 Å². The first kappa shape index (κ1) is 15.3. The predicted octanol–water partition coefficient (Wildman–Crippen LogP) is 1.08.